The molecule has 1 aliphatic heterocycles. The normalized spacial score (nSPS) is 16.1. The average Bonchev–Trinajstić information content (AvgIpc) is 3.28. The van der Waals surface area contributed by atoms with Crippen molar-refractivity contribution < 1.29 is 21.6 Å². The van der Waals surface area contributed by atoms with Gasteiger partial charge in [-0.3, -0.25) is 4.68 Å². The van der Waals surface area contributed by atoms with E-state index < -0.39 is 26.7 Å². The number of rotatable bonds is 7. The highest BCUT2D eigenvalue weighted by molar-refractivity contribution is 7.89. The molecule has 1 aliphatic rings. The second-order valence-electron chi connectivity index (χ2n) is 8.33. The minimum atomic E-state index is -4.73. The number of piperazine rings is 1. The molecular formula is C23H26F3N5O2S. The van der Waals surface area contributed by atoms with E-state index in [2.05, 4.69) is 15.2 Å². The number of benzene rings is 2. The Morgan fingerprint density at radius 3 is 2.29 bits per heavy atom. The molecule has 0 saturated carbocycles. The molecule has 2 aromatic carbocycles. The van der Waals surface area contributed by atoms with Crippen LogP contribution in [0.2, 0.25) is 0 Å². The molecule has 3 aromatic rings. The second-order valence-corrected chi connectivity index (χ2v) is 10.2. The fraction of sp³-hybridized carbons (Fsp3) is 0.391. The van der Waals surface area contributed by atoms with Crippen LogP contribution >= 0.6 is 0 Å². The number of aryl methyl sites for hydroxylation is 2. The Hall–Kier alpha value is -2.76. The summed E-state index contributed by atoms with van der Waals surface area (Å²) in [5.74, 6) is 0. The third-order valence-corrected chi connectivity index (χ3v) is 7.85. The molecule has 0 bridgehead atoms. The predicted molar refractivity (Wildman–Crippen MR) is 121 cm³/mol. The number of halogens is 3. The third-order valence-electron chi connectivity index (χ3n) is 5.89. The SMILES string of the molecule is Cc1ccc(-c2cn(CCCN3CCN(S(=O)(=O)c4ccccc4C(F)(F)F)CC3)nn2)cc1. The summed E-state index contributed by atoms with van der Waals surface area (Å²) in [6, 6.07) is 12.4. The van der Waals surface area contributed by atoms with E-state index in [0.717, 1.165) is 40.7 Å². The lowest BCUT2D eigenvalue weighted by Gasteiger charge is -2.34. The molecule has 1 fully saturated rings. The van der Waals surface area contributed by atoms with E-state index in [1.807, 2.05) is 37.4 Å². The van der Waals surface area contributed by atoms with Crippen LogP contribution in [0.1, 0.15) is 17.5 Å². The van der Waals surface area contributed by atoms with Crippen molar-refractivity contribution in [2.45, 2.75) is 31.0 Å². The minimum Gasteiger partial charge on any atom is -0.301 e. The van der Waals surface area contributed by atoms with Crippen molar-refractivity contribution in [1.82, 2.24) is 24.2 Å². The van der Waals surface area contributed by atoms with E-state index in [1.54, 1.807) is 4.68 Å². The largest absolute Gasteiger partial charge is 0.417 e. The Labute approximate surface area is 196 Å². The van der Waals surface area contributed by atoms with Crippen molar-refractivity contribution in [3.05, 3.63) is 65.9 Å². The van der Waals surface area contributed by atoms with Crippen LogP contribution in [0.25, 0.3) is 11.3 Å². The van der Waals surface area contributed by atoms with Crippen LogP contribution in [0.4, 0.5) is 13.2 Å². The summed E-state index contributed by atoms with van der Waals surface area (Å²) in [7, 11) is -4.22. The molecule has 2 heterocycles. The van der Waals surface area contributed by atoms with Gasteiger partial charge in [0.15, 0.2) is 0 Å². The second kappa shape index (κ2) is 9.85. The summed E-state index contributed by atoms with van der Waals surface area (Å²) < 4.78 is 68.6. The zero-order valence-electron chi connectivity index (χ0n) is 18.7. The lowest BCUT2D eigenvalue weighted by atomic mass is 10.1. The molecule has 0 spiro atoms. The summed E-state index contributed by atoms with van der Waals surface area (Å²) in [4.78, 5) is 1.42. The van der Waals surface area contributed by atoms with Crippen molar-refractivity contribution in [2.75, 3.05) is 32.7 Å². The highest BCUT2D eigenvalue weighted by Crippen LogP contribution is 2.35. The number of alkyl halides is 3. The van der Waals surface area contributed by atoms with Gasteiger partial charge in [0.05, 0.1) is 16.7 Å². The van der Waals surface area contributed by atoms with Gasteiger partial charge in [0.1, 0.15) is 5.69 Å². The van der Waals surface area contributed by atoms with Crippen molar-refractivity contribution in [3.63, 3.8) is 0 Å². The van der Waals surface area contributed by atoms with Gasteiger partial charge in [-0.25, -0.2) is 8.42 Å². The van der Waals surface area contributed by atoms with Crippen molar-refractivity contribution in [2.24, 2.45) is 0 Å². The lowest BCUT2D eigenvalue weighted by Crippen LogP contribution is -2.49. The Balaban J connectivity index is 1.29. The van der Waals surface area contributed by atoms with Gasteiger partial charge >= 0.3 is 6.18 Å². The van der Waals surface area contributed by atoms with E-state index in [0.29, 0.717) is 19.6 Å². The summed E-state index contributed by atoms with van der Waals surface area (Å²) in [5, 5.41) is 8.39. The zero-order chi connectivity index (χ0) is 24.3. The summed E-state index contributed by atoms with van der Waals surface area (Å²) in [6.07, 6.45) is -2.04. The van der Waals surface area contributed by atoms with E-state index >= 15 is 0 Å². The van der Waals surface area contributed by atoms with E-state index in [9.17, 15) is 21.6 Å². The molecule has 0 amide bonds. The van der Waals surface area contributed by atoms with Crippen LogP contribution in [0.5, 0.6) is 0 Å². The molecule has 7 nitrogen and oxygen atoms in total. The van der Waals surface area contributed by atoms with Gasteiger partial charge < -0.3 is 4.90 Å². The van der Waals surface area contributed by atoms with Crippen LogP contribution in [0, 0.1) is 6.92 Å². The maximum atomic E-state index is 13.3. The van der Waals surface area contributed by atoms with Crippen LogP contribution in [0.15, 0.2) is 59.6 Å². The zero-order valence-corrected chi connectivity index (χ0v) is 19.6. The highest BCUT2D eigenvalue weighted by Gasteiger charge is 2.39. The lowest BCUT2D eigenvalue weighted by molar-refractivity contribution is -0.139. The predicted octanol–water partition coefficient (Wildman–Crippen LogP) is 3.67. The van der Waals surface area contributed by atoms with E-state index in [4.69, 9.17) is 0 Å². The van der Waals surface area contributed by atoms with Crippen LogP contribution in [-0.4, -0.2) is 65.3 Å². The average molecular weight is 494 g/mol. The highest BCUT2D eigenvalue weighted by atomic mass is 32.2. The molecule has 11 heteroatoms. The maximum absolute atomic E-state index is 13.3. The van der Waals surface area contributed by atoms with Gasteiger partial charge in [-0.2, -0.15) is 17.5 Å². The van der Waals surface area contributed by atoms with Crippen molar-refractivity contribution >= 4 is 10.0 Å². The number of hydrogen-bond acceptors (Lipinski definition) is 5. The van der Waals surface area contributed by atoms with Gasteiger partial charge in [0.2, 0.25) is 10.0 Å². The summed E-state index contributed by atoms with van der Waals surface area (Å²) >= 11 is 0. The molecule has 34 heavy (non-hydrogen) atoms. The Kier molecular flexibility index (Phi) is 7.06. The molecule has 4 rings (SSSR count). The smallest absolute Gasteiger partial charge is 0.301 e. The number of hydrogen-bond donors (Lipinski definition) is 0. The molecule has 1 saturated heterocycles. The first kappa shape index (κ1) is 24.4. The monoisotopic (exact) mass is 493 g/mol. The number of sulfonamides is 1. The Morgan fingerprint density at radius 1 is 0.941 bits per heavy atom. The van der Waals surface area contributed by atoms with Crippen LogP contribution < -0.4 is 0 Å². The first-order valence-electron chi connectivity index (χ1n) is 11.0. The minimum absolute atomic E-state index is 0.148. The Morgan fingerprint density at radius 2 is 1.62 bits per heavy atom. The van der Waals surface area contributed by atoms with Gasteiger partial charge in [-0.1, -0.05) is 47.2 Å². The third kappa shape index (κ3) is 5.48. The first-order chi connectivity index (χ1) is 16.1. The molecule has 0 atom stereocenters. The molecule has 0 N–H and O–H groups in total. The molecule has 182 valence electrons. The maximum Gasteiger partial charge on any atom is 0.417 e. The molecule has 0 radical (unpaired) electrons. The molecule has 0 aliphatic carbocycles. The van der Waals surface area contributed by atoms with Gasteiger partial charge in [-0.05, 0) is 25.5 Å². The number of aromatic nitrogens is 3. The van der Waals surface area contributed by atoms with Crippen molar-refractivity contribution in [3.8, 4) is 11.3 Å². The fourth-order valence-corrected chi connectivity index (χ4v) is 5.61. The fourth-order valence-electron chi connectivity index (χ4n) is 3.98. The van der Waals surface area contributed by atoms with Crippen LogP contribution in [0.3, 0.4) is 0 Å². The van der Waals surface area contributed by atoms with E-state index in [-0.39, 0.29) is 13.1 Å². The Bertz CT molecular complexity index is 1220. The molecular weight excluding hydrogens is 467 g/mol. The van der Waals surface area contributed by atoms with Crippen molar-refractivity contribution in [1.29, 1.82) is 0 Å². The van der Waals surface area contributed by atoms with Gasteiger partial charge in [0.25, 0.3) is 0 Å². The first-order valence-corrected chi connectivity index (χ1v) is 12.4. The summed E-state index contributed by atoms with van der Waals surface area (Å²) in [5.41, 5.74) is 1.85. The van der Waals surface area contributed by atoms with Gasteiger partial charge in [-0.15, -0.1) is 5.10 Å². The molecule has 0 unspecified atom stereocenters. The summed E-state index contributed by atoms with van der Waals surface area (Å²) in [6.45, 7) is 4.63. The van der Waals surface area contributed by atoms with Crippen LogP contribution in [-0.2, 0) is 22.7 Å². The quantitative estimate of drug-likeness (QED) is 0.502. The molecule has 1 aromatic heterocycles. The topological polar surface area (TPSA) is 71.3 Å². The standard InChI is InChI=1S/C23H26F3N5O2S/c1-18-7-9-19(10-8-18)21-17-30(28-27-21)12-4-11-29-13-15-31(16-14-29)34(32,33)22-6-3-2-5-20(22)23(24,25)26/h2-3,5-10,17H,4,11-16H2,1H3. The van der Waals surface area contributed by atoms with E-state index in [1.165, 1.54) is 17.7 Å². The van der Waals surface area contributed by atoms with Gasteiger partial charge in [0, 0.05) is 44.8 Å². The number of nitrogens with zero attached hydrogens (tertiary/aromatic N) is 5.